The highest BCUT2D eigenvalue weighted by molar-refractivity contribution is 5.96. The fraction of sp³-hybridized carbons (Fsp3) is 0.316. The minimum absolute atomic E-state index is 0.247. The summed E-state index contributed by atoms with van der Waals surface area (Å²) in [5.74, 6) is 0.247. The van der Waals surface area contributed by atoms with Crippen LogP contribution in [0.4, 0.5) is 0 Å². The Labute approximate surface area is 121 Å². The molecule has 0 amide bonds. The topological polar surface area (TPSA) is 17.1 Å². The zero-order valence-electron chi connectivity index (χ0n) is 12.0. The van der Waals surface area contributed by atoms with Crippen LogP contribution in [-0.2, 0) is 6.42 Å². The van der Waals surface area contributed by atoms with Crippen molar-refractivity contribution in [2.24, 2.45) is 0 Å². The number of hydrogen-bond acceptors (Lipinski definition) is 1. The van der Waals surface area contributed by atoms with Crippen molar-refractivity contribution < 1.29 is 4.79 Å². The van der Waals surface area contributed by atoms with Gasteiger partial charge in [-0.15, -0.1) is 0 Å². The lowest BCUT2D eigenvalue weighted by atomic mass is 10.0. The van der Waals surface area contributed by atoms with Crippen molar-refractivity contribution in [1.82, 2.24) is 0 Å². The summed E-state index contributed by atoms with van der Waals surface area (Å²) < 4.78 is 0. The molecule has 0 fully saturated rings. The fourth-order valence-electron chi connectivity index (χ4n) is 2.21. The van der Waals surface area contributed by atoms with E-state index < -0.39 is 0 Å². The lowest BCUT2D eigenvalue weighted by molar-refractivity contribution is 0.0979. The van der Waals surface area contributed by atoms with E-state index in [-0.39, 0.29) is 5.78 Å². The number of rotatable bonds is 7. The predicted molar refractivity (Wildman–Crippen MR) is 82.9 cm³/mol. The van der Waals surface area contributed by atoms with E-state index in [4.69, 9.17) is 0 Å². The third-order valence-corrected chi connectivity index (χ3v) is 3.49. The molecule has 0 saturated carbocycles. The molecule has 20 heavy (non-hydrogen) atoms. The molecule has 0 aliphatic heterocycles. The van der Waals surface area contributed by atoms with Crippen molar-refractivity contribution in [3.63, 3.8) is 0 Å². The Kier molecular flexibility index (Phi) is 5.38. The lowest BCUT2D eigenvalue weighted by Crippen LogP contribution is -1.99. The first-order valence-corrected chi connectivity index (χ1v) is 7.29. The molecule has 0 N–H and O–H groups in total. The van der Waals surface area contributed by atoms with Crippen molar-refractivity contribution in [3.05, 3.63) is 70.7 Å². The van der Waals surface area contributed by atoms with E-state index in [0.717, 1.165) is 31.2 Å². The van der Waals surface area contributed by atoms with Crippen LogP contribution in [0.1, 0.15) is 48.5 Å². The normalized spacial score (nSPS) is 12.6. The Balaban J connectivity index is 1.76. The van der Waals surface area contributed by atoms with Crippen LogP contribution in [-0.4, -0.2) is 5.78 Å². The van der Waals surface area contributed by atoms with Gasteiger partial charge in [0.25, 0.3) is 0 Å². The highest BCUT2D eigenvalue weighted by atomic mass is 16.1. The number of benzene rings is 1. The average molecular weight is 264 g/mol. The summed E-state index contributed by atoms with van der Waals surface area (Å²) in [4.78, 5) is 12.0. The largest absolute Gasteiger partial charge is 0.294 e. The molecule has 0 radical (unpaired) electrons. The van der Waals surface area contributed by atoms with Crippen molar-refractivity contribution in [2.75, 3.05) is 0 Å². The molecule has 0 heterocycles. The summed E-state index contributed by atoms with van der Waals surface area (Å²) in [6.07, 6.45) is 10.5. The third kappa shape index (κ3) is 4.24. The van der Waals surface area contributed by atoms with Gasteiger partial charge in [-0.1, -0.05) is 54.8 Å². The molecule has 102 valence electrons. The van der Waals surface area contributed by atoms with Crippen molar-refractivity contribution in [1.29, 1.82) is 0 Å². The van der Waals surface area contributed by atoms with Gasteiger partial charge in [0.1, 0.15) is 0 Å². The van der Waals surface area contributed by atoms with Crippen LogP contribution in [0.25, 0.3) is 0 Å². The van der Waals surface area contributed by atoms with Gasteiger partial charge in [0.15, 0.2) is 5.78 Å². The smallest absolute Gasteiger partial charge is 0.162 e. The number of carbonyl (C=O) groups is 1. The van der Waals surface area contributed by atoms with Gasteiger partial charge in [-0.3, -0.25) is 4.79 Å². The van der Waals surface area contributed by atoms with Gasteiger partial charge in [-0.2, -0.15) is 0 Å². The summed E-state index contributed by atoms with van der Waals surface area (Å²) in [5, 5.41) is 0. The maximum atomic E-state index is 12.0. The molecule has 1 aromatic rings. The molecule has 1 aliphatic carbocycles. The average Bonchev–Trinajstić information content (AvgIpc) is 2.52. The van der Waals surface area contributed by atoms with Crippen molar-refractivity contribution in [2.45, 2.75) is 39.0 Å². The van der Waals surface area contributed by atoms with Gasteiger partial charge < -0.3 is 0 Å². The van der Waals surface area contributed by atoms with E-state index in [1.165, 1.54) is 11.1 Å². The number of unbranched alkanes of at least 4 members (excludes halogenated alkanes) is 1. The van der Waals surface area contributed by atoms with Crippen LogP contribution in [0, 0.1) is 0 Å². The van der Waals surface area contributed by atoms with Gasteiger partial charge in [-0.05, 0) is 37.3 Å². The molecule has 1 heteroatoms. The predicted octanol–water partition coefficient (Wildman–Crippen LogP) is 4.80. The number of carbonyl (C=O) groups excluding carboxylic acids is 1. The molecular weight excluding hydrogens is 244 g/mol. The minimum atomic E-state index is 0.247. The van der Waals surface area contributed by atoms with Gasteiger partial charge in [0, 0.05) is 17.6 Å². The highest BCUT2D eigenvalue weighted by Crippen LogP contribution is 2.14. The highest BCUT2D eigenvalue weighted by Gasteiger charge is 2.05. The zero-order chi connectivity index (χ0) is 14.2. The summed E-state index contributed by atoms with van der Waals surface area (Å²) >= 11 is 0. The van der Waals surface area contributed by atoms with E-state index in [9.17, 15) is 4.79 Å². The summed E-state index contributed by atoms with van der Waals surface area (Å²) in [5.41, 5.74) is 9.33. The number of aryl methyl sites for hydroxylation is 1. The second kappa shape index (κ2) is 7.50. The van der Waals surface area contributed by atoms with E-state index in [1.54, 1.807) is 0 Å². The quantitative estimate of drug-likeness (QED) is 0.393. The molecule has 2 rings (SSSR count). The lowest BCUT2D eigenvalue weighted by Gasteiger charge is -2.03. The van der Waals surface area contributed by atoms with Crippen molar-refractivity contribution in [3.8, 4) is 0 Å². The van der Waals surface area contributed by atoms with E-state index >= 15 is 0 Å². The van der Waals surface area contributed by atoms with Crippen LogP contribution >= 0.6 is 0 Å². The number of ketones is 1. The van der Waals surface area contributed by atoms with E-state index in [0.29, 0.717) is 6.42 Å². The van der Waals surface area contributed by atoms with Gasteiger partial charge >= 0.3 is 0 Å². The third-order valence-electron chi connectivity index (χ3n) is 3.49. The zero-order valence-corrected chi connectivity index (χ0v) is 12.0. The first kappa shape index (κ1) is 14.3. The Bertz CT molecular complexity index is 589. The van der Waals surface area contributed by atoms with E-state index in [1.807, 2.05) is 36.4 Å². The summed E-state index contributed by atoms with van der Waals surface area (Å²) in [6.45, 7) is 2.12. The van der Waals surface area contributed by atoms with Crippen LogP contribution in [0.2, 0.25) is 0 Å². The SMILES string of the molecule is CCc1ccc(C(=O)CCCCC2=C=C=CC=C2)cc1. The Hall–Kier alpha value is -2.07. The molecule has 1 aromatic carbocycles. The fourth-order valence-corrected chi connectivity index (χ4v) is 2.21. The summed E-state index contributed by atoms with van der Waals surface area (Å²) in [6, 6.07) is 7.98. The van der Waals surface area contributed by atoms with Crippen LogP contribution in [0.5, 0.6) is 0 Å². The molecular formula is C19H20O. The molecule has 1 nitrogen and oxygen atoms in total. The molecule has 0 saturated heterocycles. The second-order valence-electron chi connectivity index (χ2n) is 5.00. The molecule has 0 spiro atoms. The van der Waals surface area contributed by atoms with Crippen LogP contribution < -0.4 is 0 Å². The van der Waals surface area contributed by atoms with Crippen LogP contribution in [0.15, 0.2) is 59.5 Å². The Morgan fingerprint density at radius 3 is 2.60 bits per heavy atom. The molecule has 0 atom stereocenters. The maximum Gasteiger partial charge on any atom is 0.162 e. The number of allylic oxidation sites excluding steroid dienone is 4. The molecule has 0 unspecified atom stereocenters. The number of Topliss-reactive ketones (excluding diaryl/α,β-unsaturated/α-hetero) is 1. The first-order chi connectivity index (χ1) is 9.79. The molecule has 0 aromatic heterocycles. The monoisotopic (exact) mass is 264 g/mol. The Morgan fingerprint density at radius 2 is 1.95 bits per heavy atom. The van der Waals surface area contributed by atoms with Crippen molar-refractivity contribution >= 4 is 5.78 Å². The second-order valence-corrected chi connectivity index (χ2v) is 5.00. The first-order valence-electron chi connectivity index (χ1n) is 7.29. The van der Waals surface area contributed by atoms with Gasteiger partial charge in [0.05, 0.1) is 0 Å². The molecule has 0 bridgehead atoms. The number of hydrogen-bond donors (Lipinski definition) is 0. The minimum Gasteiger partial charge on any atom is -0.294 e. The Morgan fingerprint density at radius 1 is 1.15 bits per heavy atom. The van der Waals surface area contributed by atoms with Crippen LogP contribution in [0.3, 0.4) is 0 Å². The van der Waals surface area contributed by atoms with E-state index in [2.05, 4.69) is 24.5 Å². The maximum absolute atomic E-state index is 12.0. The van der Waals surface area contributed by atoms with Gasteiger partial charge in [0.2, 0.25) is 0 Å². The summed E-state index contributed by atoms with van der Waals surface area (Å²) in [7, 11) is 0. The van der Waals surface area contributed by atoms with Gasteiger partial charge in [-0.25, -0.2) is 0 Å². The standard InChI is InChI=1S/C19H20O/c1-2-16-12-14-18(15-13-16)19(20)11-7-6-10-17-8-4-3-5-9-17/h3-4,8,12-15H,2,6-7,10-11H2,1H3. The molecule has 1 aliphatic rings.